The molecule has 1 aliphatic rings. The average molecular weight is 377 g/mol. The lowest BCUT2D eigenvalue weighted by Crippen LogP contribution is -2.53. The molecule has 0 bridgehead atoms. The normalized spacial score (nSPS) is 17.8. The van der Waals surface area contributed by atoms with Gasteiger partial charge in [0.25, 0.3) is 5.91 Å². The maximum absolute atomic E-state index is 12.0. The van der Waals surface area contributed by atoms with Crippen molar-refractivity contribution in [2.75, 3.05) is 26.2 Å². The SMILES string of the molecule is CC1CN(C(=O)CNC(=O)c2cccc(Br)c2)CCN1.Cl. The van der Waals surface area contributed by atoms with E-state index in [0.717, 1.165) is 11.0 Å². The summed E-state index contributed by atoms with van der Waals surface area (Å²) in [5, 5.41) is 5.94. The van der Waals surface area contributed by atoms with E-state index in [-0.39, 0.29) is 30.8 Å². The number of piperazine rings is 1. The van der Waals surface area contributed by atoms with E-state index < -0.39 is 0 Å². The van der Waals surface area contributed by atoms with Gasteiger partial charge in [-0.15, -0.1) is 12.4 Å². The van der Waals surface area contributed by atoms with Crippen molar-refractivity contribution in [2.45, 2.75) is 13.0 Å². The number of carbonyl (C=O) groups excluding carboxylic acids is 2. The van der Waals surface area contributed by atoms with Gasteiger partial charge >= 0.3 is 0 Å². The first kappa shape index (κ1) is 17.9. The molecule has 0 aromatic heterocycles. The molecule has 7 heteroatoms. The van der Waals surface area contributed by atoms with Crippen LogP contribution in [0.25, 0.3) is 0 Å². The fraction of sp³-hybridized carbons (Fsp3) is 0.429. The van der Waals surface area contributed by atoms with Gasteiger partial charge in [-0.25, -0.2) is 0 Å². The third-order valence-electron chi connectivity index (χ3n) is 3.21. The van der Waals surface area contributed by atoms with Gasteiger partial charge in [0.05, 0.1) is 6.54 Å². The summed E-state index contributed by atoms with van der Waals surface area (Å²) < 4.78 is 0.840. The van der Waals surface area contributed by atoms with Crippen molar-refractivity contribution in [1.82, 2.24) is 15.5 Å². The molecule has 5 nitrogen and oxygen atoms in total. The van der Waals surface area contributed by atoms with E-state index in [9.17, 15) is 9.59 Å². The Morgan fingerprint density at radius 2 is 2.24 bits per heavy atom. The predicted octanol–water partition coefficient (Wildman–Crippen LogP) is 1.42. The van der Waals surface area contributed by atoms with Crippen LogP contribution < -0.4 is 10.6 Å². The topological polar surface area (TPSA) is 61.4 Å². The molecule has 2 rings (SSSR count). The quantitative estimate of drug-likeness (QED) is 0.839. The van der Waals surface area contributed by atoms with Crippen LogP contribution >= 0.6 is 28.3 Å². The number of halogens is 2. The lowest BCUT2D eigenvalue weighted by Gasteiger charge is -2.31. The predicted molar refractivity (Wildman–Crippen MR) is 87.8 cm³/mol. The summed E-state index contributed by atoms with van der Waals surface area (Å²) in [5.74, 6) is -0.274. The molecule has 1 unspecified atom stereocenters. The van der Waals surface area contributed by atoms with E-state index in [1.807, 2.05) is 13.0 Å². The van der Waals surface area contributed by atoms with Crippen molar-refractivity contribution in [2.24, 2.45) is 0 Å². The van der Waals surface area contributed by atoms with E-state index in [4.69, 9.17) is 0 Å². The van der Waals surface area contributed by atoms with Crippen LogP contribution in [0.4, 0.5) is 0 Å². The highest BCUT2D eigenvalue weighted by atomic mass is 79.9. The van der Waals surface area contributed by atoms with Crippen molar-refractivity contribution in [1.29, 1.82) is 0 Å². The van der Waals surface area contributed by atoms with Gasteiger partial charge in [-0.05, 0) is 25.1 Å². The zero-order valence-corrected chi connectivity index (χ0v) is 14.2. The molecule has 1 aromatic rings. The van der Waals surface area contributed by atoms with Gasteiger partial charge in [-0.1, -0.05) is 22.0 Å². The lowest BCUT2D eigenvalue weighted by atomic mass is 10.2. The fourth-order valence-electron chi connectivity index (χ4n) is 2.16. The van der Waals surface area contributed by atoms with Gasteiger partial charge < -0.3 is 15.5 Å². The number of hydrogen-bond donors (Lipinski definition) is 2. The zero-order valence-electron chi connectivity index (χ0n) is 11.8. The monoisotopic (exact) mass is 375 g/mol. The summed E-state index contributed by atoms with van der Waals surface area (Å²) >= 11 is 3.32. The second-order valence-corrected chi connectivity index (χ2v) is 5.80. The third-order valence-corrected chi connectivity index (χ3v) is 3.70. The van der Waals surface area contributed by atoms with Crippen molar-refractivity contribution in [3.05, 3.63) is 34.3 Å². The molecular formula is C14H19BrClN3O2. The Kier molecular flexibility index (Phi) is 7.14. The van der Waals surface area contributed by atoms with E-state index >= 15 is 0 Å². The van der Waals surface area contributed by atoms with Crippen LogP contribution in [-0.2, 0) is 4.79 Å². The second kappa shape index (κ2) is 8.36. The summed E-state index contributed by atoms with van der Waals surface area (Å²) in [4.78, 5) is 25.7. The van der Waals surface area contributed by atoms with E-state index in [1.54, 1.807) is 23.1 Å². The van der Waals surface area contributed by atoms with Gasteiger partial charge in [-0.2, -0.15) is 0 Å². The number of hydrogen-bond acceptors (Lipinski definition) is 3. The number of carbonyl (C=O) groups is 2. The van der Waals surface area contributed by atoms with Gasteiger partial charge in [0.15, 0.2) is 0 Å². The van der Waals surface area contributed by atoms with Gasteiger partial charge in [0, 0.05) is 35.7 Å². The summed E-state index contributed by atoms with van der Waals surface area (Å²) in [5.41, 5.74) is 0.542. The number of amides is 2. The minimum Gasteiger partial charge on any atom is -0.343 e. The van der Waals surface area contributed by atoms with E-state index in [1.165, 1.54) is 0 Å². The Morgan fingerprint density at radius 3 is 2.90 bits per heavy atom. The number of benzene rings is 1. The standard InChI is InChI=1S/C14H18BrN3O2.ClH/c1-10-9-18(6-5-16-10)13(19)8-17-14(20)11-3-2-4-12(15)7-11;/h2-4,7,10,16H,5-6,8-9H2,1H3,(H,17,20);1H. The van der Waals surface area contributed by atoms with Crippen molar-refractivity contribution >= 4 is 40.2 Å². The molecule has 0 saturated carbocycles. The number of rotatable bonds is 3. The Balaban J connectivity index is 0.00000220. The van der Waals surface area contributed by atoms with E-state index in [2.05, 4.69) is 26.6 Å². The second-order valence-electron chi connectivity index (χ2n) is 4.89. The Hall–Kier alpha value is -1.11. The van der Waals surface area contributed by atoms with Gasteiger partial charge in [0.2, 0.25) is 5.91 Å². The first-order valence-electron chi connectivity index (χ1n) is 6.61. The molecule has 1 atom stereocenters. The summed E-state index contributed by atoms with van der Waals surface area (Å²) in [6.07, 6.45) is 0. The lowest BCUT2D eigenvalue weighted by molar-refractivity contribution is -0.131. The highest BCUT2D eigenvalue weighted by Crippen LogP contribution is 2.11. The molecule has 0 radical (unpaired) electrons. The van der Waals surface area contributed by atoms with Crippen molar-refractivity contribution in [3.8, 4) is 0 Å². The number of nitrogens with one attached hydrogen (secondary N) is 2. The largest absolute Gasteiger partial charge is 0.343 e. The summed E-state index contributed by atoms with van der Waals surface area (Å²) in [6, 6.07) is 7.39. The minimum atomic E-state index is -0.233. The Morgan fingerprint density at radius 1 is 1.48 bits per heavy atom. The molecular weight excluding hydrogens is 358 g/mol. The Labute approximate surface area is 139 Å². The zero-order chi connectivity index (χ0) is 14.5. The molecule has 1 aliphatic heterocycles. The van der Waals surface area contributed by atoms with Crippen molar-refractivity contribution < 1.29 is 9.59 Å². The van der Waals surface area contributed by atoms with Gasteiger partial charge in [-0.3, -0.25) is 9.59 Å². The smallest absolute Gasteiger partial charge is 0.251 e. The molecule has 2 N–H and O–H groups in total. The summed E-state index contributed by atoms with van der Waals surface area (Å²) in [6.45, 7) is 4.26. The molecule has 1 saturated heterocycles. The molecule has 1 heterocycles. The van der Waals surface area contributed by atoms with Crippen molar-refractivity contribution in [3.63, 3.8) is 0 Å². The molecule has 1 aromatic carbocycles. The first-order chi connectivity index (χ1) is 9.56. The molecule has 2 amide bonds. The maximum atomic E-state index is 12.0. The van der Waals surface area contributed by atoms with Crippen LogP contribution in [0.3, 0.4) is 0 Å². The van der Waals surface area contributed by atoms with Crippen LogP contribution in [0.1, 0.15) is 17.3 Å². The van der Waals surface area contributed by atoms with Crippen LogP contribution in [0.15, 0.2) is 28.7 Å². The van der Waals surface area contributed by atoms with Crippen LogP contribution in [0.2, 0.25) is 0 Å². The van der Waals surface area contributed by atoms with Gasteiger partial charge in [0.1, 0.15) is 0 Å². The molecule has 116 valence electrons. The number of nitrogens with zero attached hydrogens (tertiary/aromatic N) is 1. The third kappa shape index (κ3) is 5.30. The first-order valence-corrected chi connectivity index (χ1v) is 7.40. The maximum Gasteiger partial charge on any atom is 0.251 e. The highest BCUT2D eigenvalue weighted by Gasteiger charge is 2.20. The molecule has 21 heavy (non-hydrogen) atoms. The Bertz CT molecular complexity index is 513. The minimum absolute atomic E-state index is 0. The fourth-order valence-corrected chi connectivity index (χ4v) is 2.56. The molecule has 0 spiro atoms. The highest BCUT2D eigenvalue weighted by molar-refractivity contribution is 9.10. The molecule has 1 fully saturated rings. The average Bonchev–Trinajstić information content (AvgIpc) is 2.44. The summed E-state index contributed by atoms with van der Waals surface area (Å²) in [7, 11) is 0. The van der Waals surface area contributed by atoms with Crippen LogP contribution in [0, 0.1) is 0 Å². The van der Waals surface area contributed by atoms with E-state index in [0.29, 0.717) is 24.7 Å². The van der Waals surface area contributed by atoms with Crippen LogP contribution in [-0.4, -0.2) is 48.9 Å². The molecule has 0 aliphatic carbocycles. The van der Waals surface area contributed by atoms with Crippen LogP contribution in [0.5, 0.6) is 0 Å².